The van der Waals surface area contributed by atoms with Crippen LogP contribution in [0.1, 0.15) is 33.3 Å². The van der Waals surface area contributed by atoms with E-state index in [4.69, 9.17) is 5.14 Å². The van der Waals surface area contributed by atoms with Gasteiger partial charge in [0.1, 0.15) is 16.1 Å². The fourth-order valence-electron chi connectivity index (χ4n) is 1.20. The van der Waals surface area contributed by atoms with Gasteiger partial charge in [0.15, 0.2) is 0 Å². The lowest BCUT2D eigenvalue weighted by Crippen LogP contribution is -2.26. The Hall–Kier alpha value is -0.890. The molecule has 0 aliphatic rings. The maximum absolute atomic E-state index is 11.9. The van der Waals surface area contributed by atoms with E-state index in [9.17, 15) is 13.0 Å². The molecule has 0 radical (unpaired) electrons. The fraction of sp³-hybridized carbons (Fsp3) is 0.417. The third-order valence-electron chi connectivity index (χ3n) is 2.34. The maximum atomic E-state index is 11.9. The van der Waals surface area contributed by atoms with Crippen LogP contribution in [0.4, 0.5) is 0 Å². The fourth-order valence-corrected chi connectivity index (χ4v) is 2.34. The molecule has 0 saturated carbocycles. The smallest absolute Gasteiger partial charge is 0.238 e. The van der Waals surface area contributed by atoms with E-state index in [0.29, 0.717) is 11.3 Å². The van der Waals surface area contributed by atoms with E-state index in [-0.39, 0.29) is 4.90 Å². The predicted molar refractivity (Wildman–Crippen MR) is 77.9 cm³/mol. The summed E-state index contributed by atoms with van der Waals surface area (Å²) in [6.07, 6.45) is 0. The van der Waals surface area contributed by atoms with E-state index >= 15 is 0 Å². The molecule has 106 valence electrons. The molecule has 0 bridgehead atoms. The molecule has 0 amide bonds. The molecule has 0 aliphatic heterocycles. The maximum Gasteiger partial charge on any atom is 0.238 e. The summed E-state index contributed by atoms with van der Waals surface area (Å²) in [5.41, 5.74) is 1.30. The van der Waals surface area contributed by atoms with Gasteiger partial charge in [-0.2, -0.15) is 0 Å². The summed E-state index contributed by atoms with van der Waals surface area (Å²) < 4.78 is 37.8. The molecule has 0 heterocycles. The molecule has 1 rings (SSSR count). The van der Waals surface area contributed by atoms with E-state index in [1.165, 1.54) is 12.1 Å². The van der Waals surface area contributed by atoms with Crippen molar-refractivity contribution in [2.75, 3.05) is 0 Å². The van der Waals surface area contributed by atoms with Crippen molar-refractivity contribution in [1.82, 2.24) is 0 Å². The van der Waals surface area contributed by atoms with Gasteiger partial charge < -0.3 is 4.55 Å². The second kappa shape index (κ2) is 5.62. The van der Waals surface area contributed by atoms with E-state index in [1.54, 1.807) is 19.1 Å². The van der Waals surface area contributed by atoms with Crippen molar-refractivity contribution in [2.45, 2.75) is 37.3 Å². The Morgan fingerprint density at radius 2 is 1.74 bits per heavy atom. The average molecular weight is 302 g/mol. The van der Waals surface area contributed by atoms with Crippen LogP contribution in [0.25, 0.3) is 0 Å². The zero-order valence-corrected chi connectivity index (χ0v) is 13.0. The van der Waals surface area contributed by atoms with Crippen molar-refractivity contribution in [1.29, 1.82) is 0 Å². The lowest BCUT2D eigenvalue weighted by Gasteiger charge is -2.18. The van der Waals surface area contributed by atoms with E-state index in [1.807, 2.05) is 20.8 Å². The van der Waals surface area contributed by atoms with Gasteiger partial charge >= 0.3 is 0 Å². The van der Waals surface area contributed by atoms with E-state index in [0.717, 1.165) is 0 Å². The number of nitrogens with two attached hydrogens (primary N) is 1. The molecule has 0 saturated heterocycles. The highest BCUT2D eigenvalue weighted by atomic mass is 32.2. The Balaban J connectivity index is 3.02. The van der Waals surface area contributed by atoms with Crippen LogP contribution in [-0.2, 0) is 21.4 Å². The molecule has 1 unspecified atom stereocenters. The first-order valence-corrected chi connectivity index (χ1v) is 8.27. The van der Waals surface area contributed by atoms with Crippen molar-refractivity contribution < 1.29 is 13.0 Å². The lowest BCUT2D eigenvalue weighted by molar-refractivity contribution is 0.561. The van der Waals surface area contributed by atoms with Gasteiger partial charge in [0, 0.05) is 5.56 Å². The Morgan fingerprint density at radius 3 is 2.11 bits per heavy atom. The van der Waals surface area contributed by atoms with Crippen molar-refractivity contribution >= 4 is 27.1 Å². The number of rotatable bonds is 3. The topological polar surface area (TPSA) is 95.6 Å². The molecule has 0 fully saturated rings. The van der Waals surface area contributed by atoms with Crippen molar-refractivity contribution in [2.24, 2.45) is 9.54 Å². The molecule has 0 aliphatic carbocycles. The van der Waals surface area contributed by atoms with Crippen LogP contribution in [0.3, 0.4) is 0 Å². The first-order valence-electron chi connectivity index (χ1n) is 5.62. The van der Waals surface area contributed by atoms with Crippen LogP contribution >= 0.6 is 0 Å². The first-order chi connectivity index (χ1) is 8.51. The van der Waals surface area contributed by atoms with Gasteiger partial charge in [0.05, 0.1) is 10.6 Å². The quantitative estimate of drug-likeness (QED) is 0.678. The summed E-state index contributed by atoms with van der Waals surface area (Å²) in [5, 5.41) is 5.01. The number of sulfonamides is 1. The van der Waals surface area contributed by atoms with E-state index < -0.39 is 26.1 Å². The SMILES string of the molecule is C/C(=N\[S+]([O-])C(C)(C)C)c1ccc(S(N)(=O)=O)cc1. The highest BCUT2D eigenvalue weighted by Gasteiger charge is 2.26. The number of primary sulfonamides is 1. The minimum Gasteiger partial charge on any atom is -0.591 e. The Morgan fingerprint density at radius 1 is 1.26 bits per heavy atom. The first kappa shape index (κ1) is 16.2. The highest BCUT2D eigenvalue weighted by Crippen LogP contribution is 2.18. The zero-order valence-electron chi connectivity index (χ0n) is 11.4. The molecule has 2 N–H and O–H groups in total. The second-order valence-electron chi connectivity index (χ2n) is 5.11. The molecule has 7 heteroatoms. The molecule has 5 nitrogen and oxygen atoms in total. The number of benzene rings is 1. The monoisotopic (exact) mass is 302 g/mol. The Labute approximate surface area is 117 Å². The summed E-state index contributed by atoms with van der Waals surface area (Å²) in [6, 6.07) is 6.00. The van der Waals surface area contributed by atoms with Crippen LogP contribution in [-0.4, -0.2) is 23.4 Å². The molecule has 1 atom stereocenters. The zero-order chi connectivity index (χ0) is 14.8. The van der Waals surface area contributed by atoms with Gasteiger partial charge in [-0.25, -0.2) is 13.6 Å². The van der Waals surface area contributed by atoms with Gasteiger partial charge in [0.25, 0.3) is 0 Å². The minimum absolute atomic E-state index is 0.0426. The summed E-state index contributed by atoms with van der Waals surface area (Å²) >= 11 is -1.35. The molecule has 0 aromatic heterocycles. The molecular weight excluding hydrogens is 284 g/mol. The van der Waals surface area contributed by atoms with Crippen LogP contribution in [0, 0.1) is 0 Å². The molecule has 19 heavy (non-hydrogen) atoms. The van der Waals surface area contributed by atoms with Gasteiger partial charge in [-0.3, -0.25) is 0 Å². The summed E-state index contributed by atoms with van der Waals surface area (Å²) in [6.45, 7) is 7.24. The molecular formula is C12H18N2O3S2. The van der Waals surface area contributed by atoms with Crippen LogP contribution < -0.4 is 5.14 Å². The third kappa shape index (κ3) is 4.61. The van der Waals surface area contributed by atoms with Crippen molar-refractivity contribution in [3.05, 3.63) is 29.8 Å². The van der Waals surface area contributed by atoms with Crippen molar-refractivity contribution in [3.63, 3.8) is 0 Å². The normalized spacial score (nSPS) is 15.4. The Kier molecular flexibility index (Phi) is 4.78. The number of hydrogen-bond acceptors (Lipinski definition) is 4. The molecule has 1 aromatic carbocycles. The average Bonchev–Trinajstić information content (AvgIpc) is 2.26. The molecule has 0 spiro atoms. The van der Waals surface area contributed by atoms with Gasteiger partial charge in [-0.05, 0) is 39.8 Å². The van der Waals surface area contributed by atoms with E-state index in [2.05, 4.69) is 4.40 Å². The Bertz CT molecular complexity index is 572. The minimum atomic E-state index is -3.69. The standard InChI is InChI=1S/C12H18N2O3S2/c1-9(14-18(15)12(2,3)4)10-5-7-11(8-6-10)19(13,16)17/h5-8H,1-4H3,(H2,13,16,17)/b14-9+. The largest absolute Gasteiger partial charge is 0.591 e. The van der Waals surface area contributed by atoms with Gasteiger partial charge in [-0.1, -0.05) is 16.5 Å². The second-order valence-corrected chi connectivity index (χ2v) is 8.57. The number of hydrogen-bond donors (Lipinski definition) is 1. The lowest BCUT2D eigenvalue weighted by atomic mass is 10.1. The van der Waals surface area contributed by atoms with Crippen LogP contribution in [0.15, 0.2) is 33.6 Å². The predicted octanol–water partition coefficient (Wildman–Crippen LogP) is 1.61. The van der Waals surface area contributed by atoms with Crippen LogP contribution in [0.2, 0.25) is 0 Å². The van der Waals surface area contributed by atoms with Crippen molar-refractivity contribution in [3.8, 4) is 0 Å². The summed E-state index contributed by atoms with van der Waals surface area (Å²) in [4.78, 5) is 0.0426. The third-order valence-corrected chi connectivity index (χ3v) is 4.76. The number of nitrogens with zero attached hydrogens (tertiary/aromatic N) is 1. The summed E-state index contributed by atoms with van der Waals surface area (Å²) in [5.74, 6) is 0. The van der Waals surface area contributed by atoms with Gasteiger partial charge in [-0.15, -0.1) is 0 Å². The van der Waals surface area contributed by atoms with Crippen LogP contribution in [0.5, 0.6) is 0 Å². The summed E-state index contributed by atoms with van der Waals surface area (Å²) in [7, 11) is -3.69. The van der Waals surface area contributed by atoms with Gasteiger partial charge in [0.2, 0.25) is 10.0 Å². The molecule has 1 aromatic rings. The highest BCUT2D eigenvalue weighted by molar-refractivity contribution is 7.91.